The highest BCUT2D eigenvalue weighted by Gasteiger charge is 2.32. The van der Waals surface area contributed by atoms with Gasteiger partial charge < -0.3 is 9.63 Å². The molecular formula is C13H21N3O2. The van der Waals surface area contributed by atoms with E-state index in [9.17, 15) is 0 Å². The van der Waals surface area contributed by atoms with Gasteiger partial charge in [0.2, 0.25) is 5.89 Å². The average Bonchev–Trinajstić information content (AvgIpc) is 3.28. The van der Waals surface area contributed by atoms with E-state index in [-0.39, 0.29) is 6.61 Å². The first-order valence-electron chi connectivity index (χ1n) is 7.04. The van der Waals surface area contributed by atoms with Crippen LogP contribution >= 0.6 is 0 Å². The minimum Gasteiger partial charge on any atom is -0.396 e. The van der Waals surface area contributed by atoms with Crippen molar-refractivity contribution in [3.8, 4) is 0 Å². The third kappa shape index (κ3) is 3.09. The summed E-state index contributed by atoms with van der Waals surface area (Å²) >= 11 is 0. The van der Waals surface area contributed by atoms with Crippen LogP contribution in [0, 0.1) is 0 Å². The Morgan fingerprint density at radius 1 is 1.22 bits per heavy atom. The van der Waals surface area contributed by atoms with Crippen LogP contribution in [0.15, 0.2) is 4.52 Å². The van der Waals surface area contributed by atoms with E-state index in [1.165, 1.54) is 25.7 Å². The fourth-order valence-electron chi connectivity index (χ4n) is 2.27. The van der Waals surface area contributed by atoms with Crippen molar-refractivity contribution >= 4 is 0 Å². The second-order valence-electron chi connectivity index (χ2n) is 5.46. The van der Waals surface area contributed by atoms with Crippen molar-refractivity contribution in [3.05, 3.63) is 11.7 Å². The van der Waals surface area contributed by atoms with Gasteiger partial charge in [0.15, 0.2) is 5.82 Å². The standard InChI is InChI=1S/C13H21N3O2/c17-8-2-1-7-16(11-5-6-11)9-12-14-13(18-15-12)10-3-4-10/h10-11,17H,1-9H2. The lowest BCUT2D eigenvalue weighted by Crippen LogP contribution is -2.27. The fourth-order valence-corrected chi connectivity index (χ4v) is 2.27. The maximum Gasteiger partial charge on any atom is 0.229 e. The normalized spacial score (nSPS) is 19.7. The molecule has 2 aliphatic carbocycles. The molecule has 0 saturated heterocycles. The van der Waals surface area contributed by atoms with Gasteiger partial charge >= 0.3 is 0 Å². The summed E-state index contributed by atoms with van der Waals surface area (Å²) in [7, 11) is 0. The molecule has 0 atom stereocenters. The summed E-state index contributed by atoms with van der Waals surface area (Å²) in [4.78, 5) is 6.91. The summed E-state index contributed by atoms with van der Waals surface area (Å²) in [5, 5.41) is 12.9. The maximum absolute atomic E-state index is 8.84. The number of hydrogen-bond acceptors (Lipinski definition) is 5. The van der Waals surface area contributed by atoms with E-state index in [4.69, 9.17) is 9.63 Å². The van der Waals surface area contributed by atoms with Gasteiger partial charge in [0, 0.05) is 18.6 Å². The van der Waals surface area contributed by atoms with Gasteiger partial charge in [-0.1, -0.05) is 5.16 Å². The highest BCUT2D eigenvalue weighted by Crippen LogP contribution is 2.39. The SMILES string of the molecule is OCCCCN(Cc1noc(C2CC2)n1)C1CC1. The number of aromatic nitrogens is 2. The molecule has 0 aliphatic heterocycles. The zero-order valence-corrected chi connectivity index (χ0v) is 10.7. The Morgan fingerprint density at radius 3 is 2.72 bits per heavy atom. The van der Waals surface area contributed by atoms with E-state index in [1.54, 1.807) is 0 Å². The molecule has 0 spiro atoms. The summed E-state index contributed by atoms with van der Waals surface area (Å²) in [5.41, 5.74) is 0. The van der Waals surface area contributed by atoms with Gasteiger partial charge in [-0.15, -0.1) is 0 Å². The van der Waals surface area contributed by atoms with Crippen molar-refractivity contribution in [2.24, 2.45) is 0 Å². The molecule has 0 unspecified atom stereocenters. The van der Waals surface area contributed by atoms with Crippen LogP contribution < -0.4 is 0 Å². The summed E-state index contributed by atoms with van der Waals surface area (Å²) in [6.45, 7) is 2.11. The topological polar surface area (TPSA) is 62.4 Å². The molecule has 0 aromatic carbocycles. The summed E-state index contributed by atoms with van der Waals surface area (Å²) in [6, 6.07) is 0.701. The second-order valence-corrected chi connectivity index (χ2v) is 5.46. The summed E-state index contributed by atoms with van der Waals surface area (Å²) in [5.74, 6) is 2.19. The van der Waals surface area contributed by atoms with Crippen LogP contribution in [0.3, 0.4) is 0 Å². The molecule has 1 aromatic rings. The van der Waals surface area contributed by atoms with Crippen molar-refractivity contribution in [2.75, 3.05) is 13.2 Å². The smallest absolute Gasteiger partial charge is 0.229 e. The molecule has 2 fully saturated rings. The lowest BCUT2D eigenvalue weighted by atomic mass is 10.3. The molecule has 18 heavy (non-hydrogen) atoms. The van der Waals surface area contributed by atoms with Crippen LogP contribution in [-0.2, 0) is 6.54 Å². The number of nitrogens with zero attached hydrogens (tertiary/aromatic N) is 3. The quantitative estimate of drug-likeness (QED) is 0.712. The minimum atomic E-state index is 0.284. The number of aliphatic hydroxyl groups excluding tert-OH is 1. The Bertz CT molecular complexity index is 385. The minimum absolute atomic E-state index is 0.284. The van der Waals surface area contributed by atoms with Gasteiger partial charge in [-0.3, -0.25) is 4.90 Å². The first-order chi connectivity index (χ1) is 8.86. The molecule has 1 aromatic heterocycles. The number of unbranched alkanes of at least 4 members (excludes halogenated alkanes) is 1. The monoisotopic (exact) mass is 251 g/mol. The zero-order valence-electron chi connectivity index (χ0n) is 10.7. The van der Waals surface area contributed by atoms with E-state index in [1.807, 2.05) is 0 Å². The van der Waals surface area contributed by atoms with E-state index in [0.717, 1.165) is 37.6 Å². The van der Waals surface area contributed by atoms with E-state index in [2.05, 4.69) is 15.0 Å². The van der Waals surface area contributed by atoms with Crippen molar-refractivity contribution < 1.29 is 9.63 Å². The number of hydrogen-bond donors (Lipinski definition) is 1. The molecule has 0 radical (unpaired) electrons. The van der Waals surface area contributed by atoms with Crippen LogP contribution in [0.5, 0.6) is 0 Å². The zero-order chi connectivity index (χ0) is 12.4. The van der Waals surface area contributed by atoms with Gasteiger partial charge in [0.25, 0.3) is 0 Å². The third-order valence-electron chi connectivity index (χ3n) is 3.67. The molecule has 5 nitrogen and oxygen atoms in total. The third-order valence-corrected chi connectivity index (χ3v) is 3.67. The van der Waals surface area contributed by atoms with Gasteiger partial charge in [0.05, 0.1) is 6.54 Å². The van der Waals surface area contributed by atoms with Gasteiger partial charge in [0.1, 0.15) is 0 Å². The Labute approximate surface area is 107 Å². The van der Waals surface area contributed by atoms with E-state index >= 15 is 0 Å². The highest BCUT2D eigenvalue weighted by atomic mass is 16.5. The summed E-state index contributed by atoms with van der Waals surface area (Å²) in [6.07, 6.45) is 6.89. The summed E-state index contributed by atoms with van der Waals surface area (Å²) < 4.78 is 5.29. The van der Waals surface area contributed by atoms with Crippen LogP contribution in [-0.4, -0.2) is 39.3 Å². The molecule has 0 amide bonds. The molecule has 3 rings (SSSR count). The van der Waals surface area contributed by atoms with Crippen molar-refractivity contribution in [3.63, 3.8) is 0 Å². The van der Waals surface area contributed by atoms with Gasteiger partial charge in [-0.2, -0.15) is 4.98 Å². The molecule has 100 valence electrons. The first kappa shape index (κ1) is 12.1. The van der Waals surface area contributed by atoms with Crippen LogP contribution in [0.1, 0.15) is 56.2 Å². The highest BCUT2D eigenvalue weighted by molar-refractivity contribution is 5.02. The van der Waals surface area contributed by atoms with Gasteiger partial charge in [-0.05, 0) is 45.1 Å². The number of rotatable bonds is 8. The average molecular weight is 251 g/mol. The number of aliphatic hydroxyl groups is 1. The van der Waals surface area contributed by atoms with Gasteiger partial charge in [-0.25, -0.2) is 0 Å². The molecular weight excluding hydrogens is 230 g/mol. The van der Waals surface area contributed by atoms with E-state index < -0.39 is 0 Å². The van der Waals surface area contributed by atoms with Crippen LogP contribution in [0.4, 0.5) is 0 Å². The Balaban J connectivity index is 1.53. The maximum atomic E-state index is 8.84. The molecule has 1 heterocycles. The van der Waals surface area contributed by atoms with Crippen molar-refractivity contribution in [2.45, 2.75) is 57.0 Å². The van der Waals surface area contributed by atoms with Crippen LogP contribution in [0.25, 0.3) is 0 Å². The van der Waals surface area contributed by atoms with Crippen molar-refractivity contribution in [1.82, 2.24) is 15.0 Å². The second kappa shape index (κ2) is 5.36. The fraction of sp³-hybridized carbons (Fsp3) is 0.846. The predicted molar refractivity (Wildman–Crippen MR) is 66.0 cm³/mol. The molecule has 0 bridgehead atoms. The molecule has 2 saturated carbocycles. The van der Waals surface area contributed by atoms with Crippen LogP contribution in [0.2, 0.25) is 0 Å². The first-order valence-corrected chi connectivity index (χ1v) is 7.04. The largest absolute Gasteiger partial charge is 0.396 e. The Morgan fingerprint density at radius 2 is 2.06 bits per heavy atom. The molecule has 2 aliphatic rings. The predicted octanol–water partition coefficient (Wildman–Crippen LogP) is 1.68. The van der Waals surface area contributed by atoms with E-state index in [0.29, 0.717) is 12.0 Å². The Hall–Kier alpha value is -0.940. The lowest BCUT2D eigenvalue weighted by molar-refractivity contribution is 0.222. The molecule has 5 heteroatoms. The van der Waals surface area contributed by atoms with Crippen molar-refractivity contribution in [1.29, 1.82) is 0 Å². The molecule has 1 N–H and O–H groups in total. The lowest BCUT2D eigenvalue weighted by Gasteiger charge is -2.19. The Kier molecular flexibility index (Phi) is 3.61.